The summed E-state index contributed by atoms with van der Waals surface area (Å²) in [6.07, 6.45) is 11.2. The van der Waals surface area contributed by atoms with Crippen molar-refractivity contribution in [3.05, 3.63) is 29.8 Å². The van der Waals surface area contributed by atoms with Gasteiger partial charge in [0.25, 0.3) is 5.91 Å². The number of hydrogen-bond acceptors (Lipinski definition) is 3. The van der Waals surface area contributed by atoms with E-state index in [2.05, 4.69) is 5.32 Å². The minimum absolute atomic E-state index is 0.0397. The average Bonchev–Trinajstić information content (AvgIpc) is 2.75. The third-order valence-corrected chi connectivity index (χ3v) is 5.99. The van der Waals surface area contributed by atoms with Gasteiger partial charge >= 0.3 is 6.03 Å². The van der Waals surface area contributed by atoms with Crippen LogP contribution in [-0.4, -0.2) is 42.4 Å². The van der Waals surface area contributed by atoms with Gasteiger partial charge in [-0.1, -0.05) is 38.5 Å². The molecule has 0 heterocycles. The number of carbonyl (C=O) groups is 3. The Kier molecular flexibility index (Phi) is 7.06. The summed E-state index contributed by atoms with van der Waals surface area (Å²) in [4.78, 5) is 40.2. The molecule has 6 heteroatoms. The van der Waals surface area contributed by atoms with E-state index in [0.29, 0.717) is 11.3 Å². The molecule has 0 atom stereocenters. The van der Waals surface area contributed by atoms with Crippen LogP contribution in [0.25, 0.3) is 0 Å². The Bertz CT molecular complexity index is 677. The number of amides is 4. The minimum Gasteiger partial charge on any atom is -0.335 e. The Balaban J connectivity index is 1.77. The van der Waals surface area contributed by atoms with Crippen molar-refractivity contribution in [3.8, 4) is 0 Å². The number of imide groups is 1. The van der Waals surface area contributed by atoms with Gasteiger partial charge in [0.15, 0.2) is 0 Å². The minimum atomic E-state index is -0.252. The largest absolute Gasteiger partial charge is 0.335 e. The van der Waals surface area contributed by atoms with Crippen molar-refractivity contribution >= 4 is 24.0 Å². The van der Waals surface area contributed by atoms with Crippen LogP contribution in [0.4, 0.5) is 10.5 Å². The van der Waals surface area contributed by atoms with Crippen LogP contribution in [-0.2, 0) is 4.79 Å². The summed E-state index contributed by atoms with van der Waals surface area (Å²) in [6, 6.07) is 6.74. The third kappa shape index (κ3) is 4.91. The number of rotatable bonds is 5. The molecule has 2 saturated carbocycles. The second kappa shape index (κ2) is 9.71. The molecule has 0 radical (unpaired) electrons. The van der Waals surface area contributed by atoms with Crippen molar-refractivity contribution in [1.82, 2.24) is 10.2 Å². The molecule has 0 saturated heterocycles. The highest BCUT2D eigenvalue weighted by Crippen LogP contribution is 2.26. The molecule has 0 spiro atoms. The highest BCUT2D eigenvalue weighted by molar-refractivity contribution is 6.04. The second-order valence-corrected chi connectivity index (χ2v) is 8.01. The Labute approximate surface area is 167 Å². The summed E-state index contributed by atoms with van der Waals surface area (Å²) in [7, 11) is 1.66. The fourth-order valence-electron chi connectivity index (χ4n) is 4.29. The lowest BCUT2D eigenvalue weighted by Crippen LogP contribution is -2.52. The quantitative estimate of drug-likeness (QED) is 0.776. The molecular formula is C22H31N3O3. The van der Waals surface area contributed by atoms with Gasteiger partial charge in [-0.05, 0) is 49.9 Å². The van der Waals surface area contributed by atoms with Gasteiger partial charge in [0, 0.05) is 30.4 Å². The van der Waals surface area contributed by atoms with Crippen LogP contribution in [0.3, 0.4) is 0 Å². The molecule has 0 aromatic heterocycles. The molecule has 1 aromatic rings. The first kappa shape index (κ1) is 20.4. The summed E-state index contributed by atoms with van der Waals surface area (Å²) in [5.41, 5.74) is 1.19. The lowest BCUT2D eigenvalue weighted by atomic mass is 9.93. The molecular weight excluding hydrogens is 354 g/mol. The van der Waals surface area contributed by atoms with Crippen LogP contribution in [0.2, 0.25) is 0 Å². The van der Waals surface area contributed by atoms with Crippen molar-refractivity contribution in [2.45, 2.75) is 76.3 Å². The first-order valence-electron chi connectivity index (χ1n) is 10.5. The van der Waals surface area contributed by atoms with Crippen LogP contribution in [0.1, 0.15) is 74.6 Å². The van der Waals surface area contributed by atoms with E-state index in [1.807, 2.05) is 0 Å². The molecule has 4 amide bonds. The first-order valence-corrected chi connectivity index (χ1v) is 10.5. The zero-order valence-electron chi connectivity index (χ0n) is 16.7. The Morgan fingerprint density at radius 2 is 1.50 bits per heavy atom. The molecule has 1 aromatic carbocycles. The van der Waals surface area contributed by atoms with Gasteiger partial charge in [-0.15, -0.1) is 0 Å². The Morgan fingerprint density at radius 3 is 2.07 bits per heavy atom. The number of nitrogens with one attached hydrogen (secondary N) is 1. The molecule has 0 unspecified atom stereocenters. The first-order chi connectivity index (χ1) is 13.6. The lowest BCUT2D eigenvalue weighted by Gasteiger charge is -2.34. The molecule has 2 aliphatic rings. The van der Waals surface area contributed by atoms with E-state index in [0.717, 1.165) is 64.2 Å². The molecule has 1 N–H and O–H groups in total. The number of benzene rings is 1. The van der Waals surface area contributed by atoms with Crippen molar-refractivity contribution in [2.24, 2.45) is 0 Å². The van der Waals surface area contributed by atoms with Gasteiger partial charge < -0.3 is 10.2 Å². The van der Waals surface area contributed by atoms with Gasteiger partial charge in [0.2, 0.25) is 6.41 Å². The number of urea groups is 1. The lowest BCUT2D eigenvalue weighted by molar-refractivity contribution is -0.107. The summed E-state index contributed by atoms with van der Waals surface area (Å²) < 4.78 is 0. The third-order valence-electron chi connectivity index (χ3n) is 5.99. The van der Waals surface area contributed by atoms with Crippen molar-refractivity contribution < 1.29 is 14.4 Å². The predicted molar refractivity (Wildman–Crippen MR) is 109 cm³/mol. The van der Waals surface area contributed by atoms with Crippen molar-refractivity contribution in [3.63, 3.8) is 0 Å². The van der Waals surface area contributed by atoms with Crippen molar-refractivity contribution in [2.75, 3.05) is 11.9 Å². The highest BCUT2D eigenvalue weighted by atomic mass is 16.2. The Morgan fingerprint density at radius 1 is 0.929 bits per heavy atom. The normalized spacial score (nSPS) is 18.3. The fourth-order valence-corrected chi connectivity index (χ4v) is 4.29. The van der Waals surface area contributed by atoms with Gasteiger partial charge in [0.1, 0.15) is 0 Å². The summed E-state index contributed by atoms with van der Waals surface area (Å²) >= 11 is 0. The Hall–Kier alpha value is -2.37. The SMILES string of the molecule is CN(C=O)c1ccc(C(=O)N(C(=O)NC2CCCCC2)C2CCCCC2)cc1. The van der Waals surface area contributed by atoms with E-state index in [4.69, 9.17) is 0 Å². The topological polar surface area (TPSA) is 69.7 Å². The smallest absolute Gasteiger partial charge is 0.324 e. The summed E-state index contributed by atoms with van der Waals surface area (Å²) in [5.74, 6) is -0.250. The fraction of sp³-hybridized carbons (Fsp3) is 0.591. The van der Waals surface area contributed by atoms with Crippen LogP contribution in [0.5, 0.6) is 0 Å². The monoisotopic (exact) mass is 385 g/mol. The summed E-state index contributed by atoms with van der Waals surface area (Å²) in [5, 5.41) is 3.12. The number of hydrogen-bond donors (Lipinski definition) is 1. The molecule has 6 nitrogen and oxygen atoms in total. The summed E-state index contributed by atoms with van der Waals surface area (Å²) in [6.45, 7) is 0. The molecule has 3 rings (SSSR count). The second-order valence-electron chi connectivity index (χ2n) is 8.01. The van der Waals surface area contributed by atoms with Crippen LogP contribution in [0, 0.1) is 0 Å². The molecule has 0 bridgehead atoms. The van der Waals surface area contributed by atoms with Gasteiger partial charge in [-0.3, -0.25) is 14.5 Å². The van der Waals surface area contributed by atoms with E-state index in [9.17, 15) is 14.4 Å². The zero-order chi connectivity index (χ0) is 19.9. The van der Waals surface area contributed by atoms with Gasteiger partial charge in [-0.25, -0.2) is 4.79 Å². The molecule has 2 aliphatic carbocycles. The zero-order valence-corrected chi connectivity index (χ0v) is 16.7. The van der Waals surface area contributed by atoms with Gasteiger partial charge in [0.05, 0.1) is 0 Å². The molecule has 28 heavy (non-hydrogen) atoms. The maximum Gasteiger partial charge on any atom is 0.324 e. The molecule has 2 fully saturated rings. The maximum absolute atomic E-state index is 13.3. The van der Waals surface area contributed by atoms with Crippen LogP contribution < -0.4 is 10.2 Å². The number of anilines is 1. The van der Waals surface area contributed by atoms with E-state index < -0.39 is 0 Å². The molecule has 152 valence electrons. The molecule has 0 aliphatic heterocycles. The maximum atomic E-state index is 13.3. The van der Waals surface area contributed by atoms with Crippen LogP contribution in [0.15, 0.2) is 24.3 Å². The standard InChI is InChI=1S/C22H31N3O3/c1-24(16-26)19-14-12-17(13-15-19)21(27)25(20-10-6-3-7-11-20)22(28)23-18-8-4-2-5-9-18/h12-16,18,20H,2-11H2,1H3,(H,23,28). The van der Waals surface area contributed by atoms with E-state index in [1.54, 1.807) is 31.3 Å². The highest BCUT2D eigenvalue weighted by Gasteiger charge is 2.32. The number of nitrogens with zero attached hydrogens (tertiary/aromatic N) is 2. The van der Waals surface area contributed by atoms with E-state index in [-0.39, 0.29) is 24.0 Å². The predicted octanol–water partition coefficient (Wildman–Crippen LogP) is 4.10. The van der Waals surface area contributed by atoms with Gasteiger partial charge in [-0.2, -0.15) is 0 Å². The van der Waals surface area contributed by atoms with E-state index in [1.165, 1.54) is 16.2 Å². The average molecular weight is 386 g/mol. The van der Waals surface area contributed by atoms with Crippen LogP contribution >= 0.6 is 0 Å². The van der Waals surface area contributed by atoms with E-state index >= 15 is 0 Å². The van der Waals surface area contributed by atoms with Crippen molar-refractivity contribution in [1.29, 1.82) is 0 Å². The number of carbonyl (C=O) groups excluding carboxylic acids is 3.